The van der Waals surface area contributed by atoms with Crippen molar-refractivity contribution in [2.75, 3.05) is 19.6 Å². The molecule has 19 heavy (non-hydrogen) atoms. The van der Waals surface area contributed by atoms with Gasteiger partial charge >= 0.3 is 12.0 Å². The molecule has 0 aromatic heterocycles. The number of carboxylic acid groups (broad SMARTS) is 1. The van der Waals surface area contributed by atoms with Crippen LogP contribution in [0.15, 0.2) is 0 Å². The van der Waals surface area contributed by atoms with E-state index in [0.29, 0.717) is 12.6 Å². The normalized spacial score (nSPS) is 19.1. The molecule has 7 nitrogen and oxygen atoms in total. The zero-order valence-corrected chi connectivity index (χ0v) is 11.1. The monoisotopic (exact) mass is 271 g/mol. The second-order valence-electron chi connectivity index (χ2n) is 4.58. The number of carboxylic acids is 1. The van der Waals surface area contributed by atoms with Crippen LogP contribution >= 0.6 is 0 Å². The van der Waals surface area contributed by atoms with Gasteiger partial charge in [0.25, 0.3) is 0 Å². The molecule has 108 valence electrons. The van der Waals surface area contributed by atoms with Gasteiger partial charge in [-0.05, 0) is 25.9 Å². The van der Waals surface area contributed by atoms with Gasteiger partial charge in [0.2, 0.25) is 5.91 Å². The lowest BCUT2D eigenvalue weighted by Crippen LogP contribution is -2.45. The maximum absolute atomic E-state index is 11.4. The van der Waals surface area contributed by atoms with Crippen molar-refractivity contribution in [3.05, 3.63) is 0 Å². The van der Waals surface area contributed by atoms with Gasteiger partial charge in [0, 0.05) is 19.0 Å². The van der Waals surface area contributed by atoms with Gasteiger partial charge in [-0.2, -0.15) is 0 Å². The largest absolute Gasteiger partial charge is 0.481 e. The van der Waals surface area contributed by atoms with Crippen molar-refractivity contribution < 1.29 is 19.5 Å². The molecule has 0 radical (unpaired) electrons. The first kappa shape index (κ1) is 15.4. The Hall–Kier alpha value is -1.63. The Kier molecular flexibility index (Phi) is 6.27. The minimum atomic E-state index is -1.06. The lowest BCUT2D eigenvalue weighted by Gasteiger charge is -2.22. The number of urea groups is 1. The highest BCUT2D eigenvalue weighted by atomic mass is 16.4. The van der Waals surface area contributed by atoms with Gasteiger partial charge in [-0.25, -0.2) is 4.79 Å². The van der Waals surface area contributed by atoms with Crippen LogP contribution in [-0.4, -0.2) is 53.6 Å². The van der Waals surface area contributed by atoms with Crippen LogP contribution < -0.4 is 10.6 Å². The molecule has 1 unspecified atom stereocenters. The first-order chi connectivity index (χ1) is 9.02. The quantitative estimate of drug-likeness (QED) is 0.639. The first-order valence-electron chi connectivity index (χ1n) is 6.56. The highest BCUT2D eigenvalue weighted by Crippen LogP contribution is 2.15. The third kappa shape index (κ3) is 5.69. The van der Waals surface area contributed by atoms with Gasteiger partial charge < -0.3 is 10.4 Å². The molecule has 1 aliphatic rings. The van der Waals surface area contributed by atoms with Crippen LogP contribution in [0.2, 0.25) is 0 Å². The summed E-state index contributed by atoms with van der Waals surface area (Å²) in [6, 6.07) is -0.233. The number of carbonyl (C=O) groups is 3. The number of nitrogens with zero attached hydrogens (tertiary/aromatic N) is 1. The lowest BCUT2D eigenvalue weighted by atomic mass is 10.2. The third-order valence-corrected chi connectivity index (χ3v) is 3.22. The van der Waals surface area contributed by atoms with Gasteiger partial charge in [-0.3, -0.25) is 19.8 Å². The first-order valence-corrected chi connectivity index (χ1v) is 6.56. The molecule has 0 bridgehead atoms. The molecule has 1 saturated heterocycles. The predicted octanol–water partition coefficient (Wildman–Crippen LogP) is 0.161. The minimum absolute atomic E-state index is 0.187. The minimum Gasteiger partial charge on any atom is -0.481 e. The number of likely N-dealkylation sites (N-methyl/N-ethyl adjacent to an activating group) is 1. The molecule has 1 atom stereocenters. The average Bonchev–Trinajstić information content (AvgIpc) is 2.81. The van der Waals surface area contributed by atoms with E-state index in [1.807, 2.05) is 0 Å². The van der Waals surface area contributed by atoms with Crippen LogP contribution in [-0.2, 0) is 9.59 Å². The van der Waals surface area contributed by atoms with Crippen molar-refractivity contribution >= 4 is 17.9 Å². The van der Waals surface area contributed by atoms with E-state index >= 15 is 0 Å². The van der Waals surface area contributed by atoms with Crippen molar-refractivity contribution in [1.29, 1.82) is 0 Å². The summed E-state index contributed by atoms with van der Waals surface area (Å²) in [7, 11) is 0. The van der Waals surface area contributed by atoms with Crippen molar-refractivity contribution in [3.8, 4) is 0 Å². The molecule has 1 heterocycles. The molecule has 3 N–H and O–H groups in total. The Morgan fingerprint density at radius 3 is 2.68 bits per heavy atom. The SMILES string of the molecule is CCN1CCCC1CNC(=O)NC(=O)CCC(=O)O. The second-order valence-corrected chi connectivity index (χ2v) is 4.58. The molecule has 1 rings (SSSR count). The molecule has 1 aliphatic heterocycles. The Morgan fingerprint density at radius 2 is 2.05 bits per heavy atom. The predicted molar refractivity (Wildman–Crippen MR) is 68.7 cm³/mol. The summed E-state index contributed by atoms with van der Waals surface area (Å²) in [5.74, 6) is -1.63. The summed E-state index contributed by atoms with van der Waals surface area (Å²) < 4.78 is 0. The van der Waals surface area contributed by atoms with E-state index in [2.05, 4.69) is 22.5 Å². The van der Waals surface area contributed by atoms with Crippen LogP contribution in [0.4, 0.5) is 4.79 Å². The number of nitrogens with one attached hydrogen (secondary N) is 2. The lowest BCUT2D eigenvalue weighted by molar-refractivity contribution is -0.138. The maximum atomic E-state index is 11.4. The van der Waals surface area contributed by atoms with E-state index in [-0.39, 0.29) is 12.8 Å². The third-order valence-electron chi connectivity index (χ3n) is 3.22. The Balaban J connectivity index is 2.20. The smallest absolute Gasteiger partial charge is 0.321 e. The summed E-state index contributed by atoms with van der Waals surface area (Å²) in [6.07, 6.45) is 1.71. The number of amides is 3. The molecule has 1 fully saturated rings. The highest BCUT2D eigenvalue weighted by molar-refractivity contribution is 5.95. The summed E-state index contributed by atoms with van der Waals surface area (Å²) >= 11 is 0. The van der Waals surface area contributed by atoms with Crippen LogP contribution in [0.3, 0.4) is 0 Å². The molecule has 0 spiro atoms. The topological polar surface area (TPSA) is 98.7 Å². The molecular weight excluding hydrogens is 250 g/mol. The Bertz CT molecular complexity index is 346. The summed E-state index contributed by atoms with van der Waals surface area (Å²) in [5.41, 5.74) is 0. The number of hydrogen-bond acceptors (Lipinski definition) is 4. The maximum Gasteiger partial charge on any atom is 0.321 e. The number of imide groups is 1. The summed E-state index contributed by atoms with van der Waals surface area (Å²) in [6.45, 7) is 4.58. The number of hydrogen-bond donors (Lipinski definition) is 3. The fourth-order valence-corrected chi connectivity index (χ4v) is 2.21. The van der Waals surface area contributed by atoms with Crippen LogP contribution in [0, 0.1) is 0 Å². The van der Waals surface area contributed by atoms with Gasteiger partial charge in [0.15, 0.2) is 0 Å². The van der Waals surface area contributed by atoms with E-state index in [4.69, 9.17) is 5.11 Å². The Labute approximate surface area is 112 Å². The zero-order chi connectivity index (χ0) is 14.3. The fraction of sp³-hybridized carbons (Fsp3) is 0.750. The van der Waals surface area contributed by atoms with E-state index < -0.39 is 17.9 Å². The molecular formula is C12H21N3O4. The van der Waals surface area contributed by atoms with E-state index in [0.717, 1.165) is 25.9 Å². The summed E-state index contributed by atoms with van der Waals surface area (Å²) in [4.78, 5) is 35.2. The van der Waals surface area contributed by atoms with Gasteiger partial charge in [0.05, 0.1) is 6.42 Å². The molecule has 0 saturated carbocycles. The van der Waals surface area contributed by atoms with Crippen molar-refractivity contribution in [2.45, 2.75) is 38.6 Å². The zero-order valence-electron chi connectivity index (χ0n) is 11.1. The van der Waals surface area contributed by atoms with Crippen molar-refractivity contribution in [2.24, 2.45) is 0 Å². The average molecular weight is 271 g/mol. The van der Waals surface area contributed by atoms with Crippen molar-refractivity contribution in [1.82, 2.24) is 15.5 Å². The standard InChI is InChI=1S/C12H21N3O4/c1-2-15-7-3-4-9(15)8-13-12(19)14-10(16)5-6-11(17)18/h9H,2-8H2,1H3,(H,17,18)(H2,13,14,16,19). The van der Waals surface area contributed by atoms with Crippen molar-refractivity contribution in [3.63, 3.8) is 0 Å². The highest BCUT2D eigenvalue weighted by Gasteiger charge is 2.23. The van der Waals surface area contributed by atoms with Gasteiger partial charge in [-0.1, -0.05) is 6.92 Å². The number of carbonyl (C=O) groups excluding carboxylic acids is 2. The van der Waals surface area contributed by atoms with E-state index in [9.17, 15) is 14.4 Å². The number of rotatable bonds is 6. The number of aliphatic carboxylic acids is 1. The van der Waals surface area contributed by atoms with Gasteiger partial charge in [0.1, 0.15) is 0 Å². The molecule has 0 aliphatic carbocycles. The van der Waals surface area contributed by atoms with Crippen LogP contribution in [0.5, 0.6) is 0 Å². The number of likely N-dealkylation sites (tertiary alicyclic amines) is 1. The molecule has 0 aromatic carbocycles. The molecule has 7 heteroatoms. The molecule has 0 aromatic rings. The molecule has 3 amide bonds. The van der Waals surface area contributed by atoms with Crippen LogP contribution in [0.25, 0.3) is 0 Å². The Morgan fingerprint density at radius 1 is 1.32 bits per heavy atom. The van der Waals surface area contributed by atoms with E-state index in [1.54, 1.807) is 0 Å². The van der Waals surface area contributed by atoms with E-state index in [1.165, 1.54) is 0 Å². The second kappa shape index (κ2) is 7.73. The summed E-state index contributed by atoms with van der Waals surface area (Å²) in [5, 5.41) is 13.2. The fourth-order valence-electron chi connectivity index (χ4n) is 2.21. The van der Waals surface area contributed by atoms with Gasteiger partial charge in [-0.15, -0.1) is 0 Å². The van der Waals surface area contributed by atoms with Crippen LogP contribution in [0.1, 0.15) is 32.6 Å².